The van der Waals surface area contributed by atoms with E-state index in [0.717, 1.165) is 37.1 Å². The Bertz CT molecular complexity index is 1120. The molecule has 2 aliphatic rings. The van der Waals surface area contributed by atoms with Gasteiger partial charge in [0.05, 0.1) is 6.54 Å². The van der Waals surface area contributed by atoms with E-state index >= 15 is 0 Å². The number of fused-ring (bicyclic) bond motifs is 1. The molecule has 2 aliphatic heterocycles. The SMILES string of the molecule is O=C(O)C(F)(F)F.O=C1CNCc2cc(C=CC(=O)N3CCC(=Cc4ccsc4)CC3)cnc2N1. The van der Waals surface area contributed by atoms with E-state index in [1.165, 1.54) is 11.1 Å². The Morgan fingerprint density at radius 3 is 2.51 bits per heavy atom. The summed E-state index contributed by atoms with van der Waals surface area (Å²) in [5.74, 6) is -2.25. The van der Waals surface area contributed by atoms with Gasteiger partial charge >= 0.3 is 12.1 Å². The van der Waals surface area contributed by atoms with Crippen molar-refractivity contribution in [3.63, 3.8) is 0 Å². The van der Waals surface area contributed by atoms with Crippen LogP contribution in [-0.4, -0.2) is 58.6 Å². The molecule has 0 atom stereocenters. The molecule has 0 saturated carbocycles. The summed E-state index contributed by atoms with van der Waals surface area (Å²) in [5, 5.41) is 17.2. The Labute approximate surface area is 203 Å². The van der Waals surface area contributed by atoms with Crippen molar-refractivity contribution in [2.75, 3.05) is 25.0 Å². The second-order valence-electron chi connectivity index (χ2n) is 7.75. The molecular weight excluding hydrogens is 485 g/mol. The fraction of sp³-hybridized carbons (Fsp3) is 0.304. The van der Waals surface area contributed by atoms with E-state index in [4.69, 9.17) is 9.90 Å². The highest BCUT2D eigenvalue weighted by Gasteiger charge is 2.38. The fourth-order valence-corrected chi connectivity index (χ4v) is 4.00. The number of carbonyl (C=O) groups is 3. The molecule has 2 aromatic rings. The normalized spacial score (nSPS) is 16.0. The first-order valence-electron chi connectivity index (χ1n) is 10.6. The average Bonchev–Trinajstić information content (AvgIpc) is 3.24. The van der Waals surface area contributed by atoms with Crippen molar-refractivity contribution in [3.8, 4) is 0 Å². The van der Waals surface area contributed by atoms with Gasteiger partial charge in [0.1, 0.15) is 5.82 Å². The van der Waals surface area contributed by atoms with Crippen LogP contribution in [0.4, 0.5) is 19.0 Å². The molecule has 0 bridgehead atoms. The van der Waals surface area contributed by atoms with E-state index in [0.29, 0.717) is 12.4 Å². The molecule has 0 aliphatic carbocycles. The second kappa shape index (κ2) is 11.8. The first-order valence-corrected chi connectivity index (χ1v) is 11.5. The highest BCUT2D eigenvalue weighted by Crippen LogP contribution is 2.21. The Balaban J connectivity index is 0.000000429. The van der Waals surface area contributed by atoms with Crippen molar-refractivity contribution < 1.29 is 32.7 Å². The number of rotatable bonds is 3. The lowest BCUT2D eigenvalue weighted by Gasteiger charge is -2.27. The lowest BCUT2D eigenvalue weighted by atomic mass is 10.0. The van der Waals surface area contributed by atoms with E-state index in [1.807, 2.05) is 11.0 Å². The minimum atomic E-state index is -5.08. The largest absolute Gasteiger partial charge is 0.490 e. The van der Waals surface area contributed by atoms with Crippen LogP contribution in [0, 0.1) is 0 Å². The molecule has 0 radical (unpaired) electrons. The first-order chi connectivity index (χ1) is 16.6. The van der Waals surface area contributed by atoms with Gasteiger partial charge in [0.25, 0.3) is 0 Å². The maximum absolute atomic E-state index is 12.5. The van der Waals surface area contributed by atoms with Gasteiger partial charge in [-0.3, -0.25) is 9.59 Å². The van der Waals surface area contributed by atoms with Gasteiger partial charge in [-0.15, -0.1) is 0 Å². The number of hydrogen-bond donors (Lipinski definition) is 3. The Kier molecular flexibility index (Phi) is 8.77. The predicted molar refractivity (Wildman–Crippen MR) is 125 cm³/mol. The van der Waals surface area contributed by atoms with Crippen molar-refractivity contribution in [1.29, 1.82) is 0 Å². The summed E-state index contributed by atoms with van der Waals surface area (Å²) in [5.41, 5.74) is 4.42. The molecule has 1 fully saturated rings. The highest BCUT2D eigenvalue weighted by atomic mass is 32.1. The zero-order valence-electron chi connectivity index (χ0n) is 18.5. The number of thiophene rings is 1. The van der Waals surface area contributed by atoms with E-state index in [9.17, 15) is 22.8 Å². The van der Waals surface area contributed by atoms with Crippen LogP contribution in [0.3, 0.4) is 0 Å². The third-order valence-corrected chi connectivity index (χ3v) is 5.84. The topological polar surface area (TPSA) is 112 Å². The molecule has 0 unspecified atom stereocenters. The summed E-state index contributed by atoms with van der Waals surface area (Å²) in [6, 6.07) is 4.07. The number of carboxylic acids is 1. The quantitative estimate of drug-likeness (QED) is 0.547. The van der Waals surface area contributed by atoms with Crippen molar-refractivity contribution >= 4 is 47.1 Å². The number of alkyl halides is 3. The second-order valence-corrected chi connectivity index (χ2v) is 8.53. The number of amides is 2. The summed E-state index contributed by atoms with van der Waals surface area (Å²) in [4.78, 5) is 39.2. The minimum Gasteiger partial charge on any atom is -0.475 e. The Morgan fingerprint density at radius 1 is 1.17 bits per heavy atom. The molecule has 12 heteroatoms. The van der Waals surface area contributed by atoms with Crippen LogP contribution in [0.15, 0.2) is 40.7 Å². The van der Waals surface area contributed by atoms with Gasteiger partial charge in [0.2, 0.25) is 11.8 Å². The number of carbonyl (C=O) groups excluding carboxylic acids is 2. The molecule has 4 heterocycles. The number of hydrogen-bond acceptors (Lipinski definition) is 6. The van der Waals surface area contributed by atoms with Crippen molar-refractivity contribution in [3.05, 3.63) is 57.4 Å². The fourth-order valence-electron chi connectivity index (χ4n) is 3.38. The average molecular weight is 509 g/mol. The lowest BCUT2D eigenvalue weighted by molar-refractivity contribution is -0.192. The zero-order valence-corrected chi connectivity index (χ0v) is 19.3. The number of aliphatic carboxylic acids is 1. The van der Waals surface area contributed by atoms with Crippen LogP contribution in [0.5, 0.6) is 0 Å². The highest BCUT2D eigenvalue weighted by molar-refractivity contribution is 7.08. The van der Waals surface area contributed by atoms with Gasteiger partial charge in [0.15, 0.2) is 0 Å². The molecule has 3 N–H and O–H groups in total. The molecule has 2 amide bonds. The standard InChI is InChI=1S/C21H22N4O2S.C2HF3O2/c26-19-13-22-12-18-10-16(11-23-21(18)24-19)1-2-20(27)25-6-3-15(4-7-25)9-17-5-8-28-14-17;3-2(4,5)1(6)7/h1-2,5,8-11,14,22H,3-4,6-7,12-13H2,(H,23,24,26);(H,6,7). The van der Waals surface area contributed by atoms with Crippen LogP contribution in [-0.2, 0) is 20.9 Å². The van der Waals surface area contributed by atoms with E-state index in [-0.39, 0.29) is 18.4 Å². The molecule has 2 aromatic heterocycles. The monoisotopic (exact) mass is 508 g/mol. The van der Waals surface area contributed by atoms with Crippen molar-refractivity contribution in [1.82, 2.24) is 15.2 Å². The zero-order chi connectivity index (χ0) is 25.4. The molecule has 186 valence electrons. The summed E-state index contributed by atoms with van der Waals surface area (Å²) in [6.07, 6.45) is 4.07. The number of pyridine rings is 1. The van der Waals surface area contributed by atoms with Gasteiger partial charge in [-0.25, -0.2) is 9.78 Å². The molecule has 8 nitrogen and oxygen atoms in total. The molecule has 0 spiro atoms. The number of aromatic nitrogens is 1. The van der Waals surface area contributed by atoms with E-state index < -0.39 is 12.1 Å². The number of piperidine rings is 1. The number of carboxylic acid groups (broad SMARTS) is 1. The molecule has 0 aromatic carbocycles. The first kappa shape index (κ1) is 26.1. The van der Waals surface area contributed by atoms with Crippen molar-refractivity contribution in [2.24, 2.45) is 0 Å². The third-order valence-electron chi connectivity index (χ3n) is 5.14. The predicted octanol–water partition coefficient (Wildman–Crippen LogP) is 3.54. The van der Waals surface area contributed by atoms with Crippen LogP contribution < -0.4 is 10.6 Å². The van der Waals surface area contributed by atoms with E-state index in [1.54, 1.807) is 29.7 Å². The number of nitrogens with one attached hydrogen (secondary N) is 2. The summed E-state index contributed by atoms with van der Waals surface area (Å²) in [6.45, 7) is 2.34. The van der Waals surface area contributed by atoms with Crippen LogP contribution in [0.25, 0.3) is 12.2 Å². The van der Waals surface area contributed by atoms with Crippen molar-refractivity contribution in [2.45, 2.75) is 25.6 Å². The molecule has 35 heavy (non-hydrogen) atoms. The number of nitrogens with zero attached hydrogens (tertiary/aromatic N) is 2. The van der Waals surface area contributed by atoms with Gasteiger partial charge in [-0.05, 0) is 52.9 Å². The third kappa shape index (κ3) is 8.04. The Morgan fingerprint density at radius 2 is 1.89 bits per heavy atom. The molecule has 1 saturated heterocycles. The maximum atomic E-state index is 12.5. The van der Waals surface area contributed by atoms with Crippen LogP contribution in [0.1, 0.15) is 29.5 Å². The lowest BCUT2D eigenvalue weighted by Crippen LogP contribution is -2.35. The van der Waals surface area contributed by atoms with Gasteiger partial charge in [0, 0.05) is 37.5 Å². The van der Waals surface area contributed by atoms with Gasteiger partial charge in [-0.1, -0.05) is 11.6 Å². The van der Waals surface area contributed by atoms with Gasteiger partial charge in [-0.2, -0.15) is 24.5 Å². The minimum absolute atomic E-state index is 0.0240. The summed E-state index contributed by atoms with van der Waals surface area (Å²) in [7, 11) is 0. The number of likely N-dealkylation sites (tertiary alicyclic amines) is 1. The van der Waals surface area contributed by atoms with E-state index in [2.05, 4.69) is 38.5 Å². The van der Waals surface area contributed by atoms with Crippen LogP contribution in [0.2, 0.25) is 0 Å². The van der Waals surface area contributed by atoms with Gasteiger partial charge < -0.3 is 20.6 Å². The summed E-state index contributed by atoms with van der Waals surface area (Å²) < 4.78 is 31.7. The van der Waals surface area contributed by atoms with Crippen LogP contribution >= 0.6 is 11.3 Å². The summed E-state index contributed by atoms with van der Waals surface area (Å²) >= 11 is 1.70. The Hall–Kier alpha value is -3.51. The number of anilines is 1. The molecule has 4 rings (SSSR count). The molecular formula is C23H23F3N4O4S. The smallest absolute Gasteiger partial charge is 0.475 e. The maximum Gasteiger partial charge on any atom is 0.490 e. The number of halogens is 3.